The van der Waals surface area contributed by atoms with Crippen LogP contribution in [0.1, 0.15) is 19.4 Å². The monoisotopic (exact) mass is 217 g/mol. The van der Waals surface area contributed by atoms with Gasteiger partial charge in [-0.25, -0.2) is 0 Å². The van der Waals surface area contributed by atoms with Crippen LogP contribution < -0.4 is 4.90 Å². The molecule has 0 fully saturated rings. The zero-order valence-corrected chi connectivity index (χ0v) is 10.4. The van der Waals surface area contributed by atoms with Gasteiger partial charge in [-0.3, -0.25) is 0 Å². The number of aliphatic hydroxyl groups is 1. The van der Waals surface area contributed by atoms with Gasteiger partial charge in [-0.15, -0.1) is 0 Å². The second kappa shape index (κ2) is 5.58. The summed E-state index contributed by atoms with van der Waals surface area (Å²) in [6.45, 7) is 3.91. The number of benzene rings is 1. The highest BCUT2D eigenvalue weighted by atomic mass is 16.3. The molecule has 0 aliphatic heterocycles. The highest BCUT2D eigenvalue weighted by Gasteiger charge is 2.03. The van der Waals surface area contributed by atoms with Gasteiger partial charge in [-0.2, -0.15) is 0 Å². The molecule has 0 aromatic heterocycles. The van der Waals surface area contributed by atoms with Crippen LogP contribution in [0.25, 0.3) is 0 Å². The van der Waals surface area contributed by atoms with Crippen molar-refractivity contribution in [2.75, 3.05) is 19.0 Å². The Bertz CT molecular complexity index is 381. The van der Waals surface area contributed by atoms with Crippen molar-refractivity contribution in [3.63, 3.8) is 0 Å². The third kappa shape index (κ3) is 3.60. The average molecular weight is 217 g/mol. The van der Waals surface area contributed by atoms with Crippen molar-refractivity contribution in [2.45, 2.75) is 20.0 Å². The Morgan fingerprint density at radius 1 is 1.12 bits per heavy atom. The van der Waals surface area contributed by atoms with Gasteiger partial charge in [-0.1, -0.05) is 25.7 Å². The summed E-state index contributed by atoms with van der Waals surface area (Å²) in [4.78, 5) is 2.04. The van der Waals surface area contributed by atoms with E-state index >= 15 is 0 Å². The van der Waals surface area contributed by atoms with Crippen LogP contribution in [0.3, 0.4) is 0 Å². The number of nitrogens with zero attached hydrogens (tertiary/aromatic N) is 1. The van der Waals surface area contributed by atoms with Crippen molar-refractivity contribution in [3.8, 4) is 11.8 Å². The van der Waals surface area contributed by atoms with Crippen molar-refractivity contribution < 1.29 is 5.11 Å². The maximum Gasteiger partial charge on any atom is 0.117 e. The average Bonchev–Trinajstić information content (AvgIpc) is 2.26. The Labute approximate surface area is 97.9 Å². The van der Waals surface area contributed by atoms with E-state index in [4.69, 9.17) is 0 Å². The smallest absolute Gasteiger partial charge is 0.117 e. The lowest BCUT2D eigenvalue weighted by Crippen LogP contribution is -2.11. The third-order valence-corrected chi connectivity index (χ3v) is 2.38. The largest absolute Gasteiger partial charge is 0.380 e. The quantitative estimate of drug-likeness (QED) is 0.767. The summed E-state index contributed by atoms with van der Waals surface area (Å²) < 4.78 is 0. The fraction of sp³-hybridized carbons (Fsp3) is 0.429. The van der Waals surface area contributed by atoms with Gasteiger partial charge >= 0.3 is 0 Å². The minimum Gasteiger partial charge on any atom is -0.380 e. The van der Waals surface area contributed by atoms with Gasteiger partial charge < -0.3 is 10.0 Å². The molecule has 1 aromatic carbocycles. The van der Waals surface area contributed by atoms with Gasteiger partial charge in [0.25, 0.3) is 0 Å². The lowest BCUT2D eigenvalue weighted by Gasteiger charge is -2.11. The molecule has 1 rings (SSSR count). The number of rotatable bonds is 2. The second-order valence-corrected chi connectivity index (χ2v) is 4.40. The van der Waals surface area contributed by atoms with Gasteiger partial charge in [0.15, 0.2) is 0 Å². The summed E-state index contributed by atoms with van der Waals surface area (Å²) in [6.07, 6.45) is -0.548. The Balaban J connectivity index is 2.75. The molecule has 86 valence electrons. The first kappa shape index (κ1) is 12.6. The highest BCUT2D eigenvalue weighted by molar-refractivity contribution is 5.49. The standard InChI is InChI=1S/C14H19NO/c1-11(2)14(16)10-7-12-5-8-13(9-6-12)15(3)4/h5-6,8-9,11,14,16H,1-4H3. The fourth-order valence-electron chi connectivity index (χ4n) is 1.17. The summed E-state index contributed by atoms with van der Waals surface area (Å²) in [6, 6.07) is 7.97. The lowest BCUT2D eigenvalue weighted by molar-refractivity contribution is 0.181. The van der Waals surface area contributed by atoms with E-state index in [1.165, 1.54) is 0 Å². The minimum absolute atomic E-state index is 0.175. The summed E-state index contributed by atoms with van der Waals surface area (Å²) in [5, 5.41) is 9.55. The first-order valence-corrected chi connectivity index (χ1v) is 5.47. The van der Waals surface area contributed by atoms with Gasteiger partial charge in [0.1, 0.15) is 6.10 Å². The van der Waals surface area contributed by atoms with E-state index in [2.05, 4.69) is 11.8 Å². The van der Waals surface area contributed by atoms with E-state index in [0.29, 0.717) is 0 Å². The van der Waals surface area contributed by atoms with E-state index in [0.717, 1.165) is 11.3 Å². The molecule has 0 bridgehead atoms. The van der Waals surface area contributed by atoms with E-state index in [1.54, 1.807) is 0 Å². The number of hydrogen-bond acceptors (Lipinski definition) is 2. The van der Waals surface area contributed by atoms with Crippen molar-refractivity contribution >= 4 is 5.69 Å². The molecular formula is C14H19NO. The molecule has 0 radical (unpaired) electrons. The van der Waals surface area contributed by atoms with Crippen molar-refractivity contribution in [1.29, 1.82) is 0 Å². The normalized spacial score (nSPS) is 11.9. The maximum atomic E-state index is 9.55. The molecule has 0 spiro atoms. The van der Waals surface area contributed by atoms with E-state index in [9.17, 15) is 5.11 Å². The van der Waals surface area contributed by atoms with Crippen LogP contribution in [-0.2, 0) is 0 Å². The Hall–Kier alpha value is -1.46. The molecule has 0 heterocycles. The Morgan fingerprint density at radius 2 is 1.69 bits per heavy atom. The van der Waals surface area contributed by atoms with Crippen LogP contribution >= 0.6 is 0 Å². The van der Waals surface area contributed by atoms with Crippen LogP contribution in [0, 0.1) is 17.8 Å². The van der Waals surface area contributed by atoms with Crippen LogP contribution in [0.15, 0.2) is 24.3 Å². The van der Waals surface area contributed by atoms with Crippen LogP contribution in [-0.4, -0.2) is 25.3 Å². The molecule has 0 amide bonds. The van der Waals surface area contributed by atoms with Gasteiger partial charge in [0, 0.05) is 25.3 Å². The number of aliphatic hydroxyl groups excluding tert-OH is 1. The molecule has 0 saturated heterocycles. The lowest BCUT2D eigenvalue weighted by atomic mass is 10.1. The first-order valence-electron chi connectivity index (χ1n) is 5.47. The zero-order chi connectivity index (χ0) is 12.1. The van der Waals surface area contributed by atoms with E-state index < -0.39 is 6.10 Å². The molecule has 1 aromatic rings. The molecule has 16 heavy (non-hydrogen) atoms. The minimum atomic E-state index is -0.548. The van der Waals surface area contributed by atoms with Crippen LogP contribution in [0.2, 0.25) is 0 Å². The summed E-state index contributed by atoms with van der Waals surface area (Å²) in [5.74, 6) is 5.99. The van der Waals surface area contributed by atoms with Crippen molar-refractivity contribution in [2.24, 2.45) is 5.92 Å². The van der Waals surface area contributed by atoms with Crippen molar-refractivity contribution in [3.05, 3.63) is 29.8 Å². The molecule has 0 saturated carbocycles. The summed E-state index contributed by atoms with van der Waals surface area (Å²) >= 11 is 0. The second-order valence-electron chi connectivity index (χ2n) is 4.40. The SMILES string of the molecule is CC(C)C(O)C#Cc1ccc(N(C)C)cc1. The topological polar surface area (TPSA) is 23.5 Å². The fourth-order valence-corrected chi connectivity index (χ4v) is 1.17. The Morgan fingerprint density at radius 3 is 2.12 bits per heavy atom. The van der Waals surface area contributed by atoms with E-state index in [1.807, 2.05) is 57.1 Å². The summed E-state index contributed by atoms with van der Waals surface area (Å²) in [7, 11) is 4.01. The molecule has 0 aliphatic rings. The predicted octanol–water partition coefficient (Wildman–Crippen LogP) is 2.12. The highest BCUT2D eigenvalue weighted by Crippen LogP contribution is 2.11. The van der Waals surface area contributed by atoms with Gasteiger partial charge in [0.05, 0.1) is 0 Å². The molecule has 2 heteroatoms. The maximum absolute atomic E-state index is 9.55. The molecule has 0 aliphatic carbocycles. The van der Waals surface area contributed by atoms with Gasteiger partial charge in [0.2, 0.25) is 0 Å². The van der Waals surface area contributed by atoms with Crippen LogP contribution in [0.4, 0.5) is 5.69 Å². The molecule has 2 nitrogen and oxygen atoms in total. The van der Waals surface area contributed by atoms with E-state index in [-0.39, 0.29) is 5.92 Å². The summed E-state index contributed by atoms with van der Waals surface area (Å²) in [5.41, 5.74) is 2.08. The first-order chi connectivity index (χ1) is 7.50. The predicted molar refractivity (Wildman–Crippen MR) is 68.5 cm³/mol. The molecule has 1 unspecified atom stereocenters. The van der Waals surface area contributed by atoms with Crippen molar-refractivity contribution in [1.82, 2.24) is 0 Å². The Kier molecular flexibility index (Phi) is 4.39. The van der Waals surface area contributed by atoms with Crippen LogP contribution in [0.5, 0.6) is 0 Å². The number of hydrogen-bond donors (Lipinski definition) is 1. The molecule has 1 atom stereocenters. The molecule has 1 N–H and O–H groups in total. The number of anilines is 1. The van der Waals surface area contributed by atoms with Gasteiger partial charge in [-0.05, 0) is 30.2 Å². The molecular weight excluding hydrogens is 198 g/mol. The third-order valence-electron chi connectivity index (χ3n) is 2.38. The zero-order valence-electron chi connectivity index (χ0n) is 10.4.